The zero-order chi connectivity index (χ0) is 32.6. The van der Waals surface area contributed by atoms with Gasteiger partial charge in [0.15, 0.2) is 11.5 Å². The van der Waals surface area contributed by atoms with Gasteiger partial charge in [-0.2, -0.15) is 0 Å². The van der Waals surface area contributed by atoms with E-state index in [9.17, 15) is 24.6 Å². The molecule has 1 aromatic carbocycles. The van der Waals surface area contributed by atoms with Gasteiger partial charge in [0.1, 0.15) is 5.60 Å². The quantitative estimate of drug-likeness (QED) is 0.136. The predicted octanol–water partition coefficient (Wildman–Crippen LogP) is 5.00. The summed E-state index contributed by atoms with van der Waals surface area (Å²) in [5.74, 6) is -0.760. The zero-order valence-corrected chi connectivity index (χ0v) is 27.1. The summed E-state index contributed by atoms with van der Waals surface area (Å²) >= 11 is 0. The molecule has 1 amide bonds. The van der Waals surface area contributed by atoms with Crippen molar-refractivity contribution in [2.45, 2.75) is 97.8 Å². The minimum Gasteiger partial charge on any atom is -0.490 e. The smallest absolute Gasteiger partial charge is 0.407 e. The Morgan fingerprint density at radius 3 is 2.16 bits per heavy atom. The van der Waals surface area contributed by atoms with Gasteiger partial charge in [-0.05, 0) is 76.0 Å². The van der Waals surface area contributed by atoms with E-state index in [2.05, 4.69) is 23.9 Å². The summed E-state index contributed by atoms with van der Waals surface area (Å²) in [7, 11) is 2.98. The summed E-state index contributed by atoms with van der Waals surface area (Å²) in [6.45, 7) is 12.2. The normalized spacial score (nSPS) is 14.4. The van der Waals surface area contributed by atoms with Crippen LogP contribution in [0.5, 0.6) is 11.5 Å². The molecular weight excluding hydrogens is 558 g/mol. The Morgan fingerprint density at radius 2 is 1.58 bits per heavy atom. The monoisotopic (exact) mass is 611 g/mol. The van der Waals surface area contributed by atoms with Crippen LogP contribution in [-0.4, -0.2) is 80.0 Å². The molecule has 1 rings (SSSR count). The maximum atomic E-state index is 12.7. The zero-order valence-electron chi connectivity index (χ0n) is 27.1. The van der Waals surface area contributed by atoms with Gasteiger partial charge in [-0.3, -0.25) is 9.59 Å². The van der Waals surface area contributed by atoms with E-state index < -0.39 is 35.7 Å². The van der Waals surface area contributed by atoms with Gasteiger partial charge in [-0.15, -0.1) is 0 Å². The standard InChI is InChI=1S/C32H53NO10/c1-21(2)24(20-25(26(34)17-22(3)30(36)37)33-31(38)43-32(4,5)6)18-23-12-13-27(41-15-9-11-29(35)40-8)28(19-23)42-16-10-14-39-7/h12-13,19,21-22,24-26,34H,9-11,14-18,20H2,1-8H3,(H,33,38)(H,36,37)/t22-,24+,25+,26+/m1/s1. The second-order valence-electron chi connectivity index (χ2n) is 12.2. The van der Waals surface area contributed by atoms with Gasteiger partial charge in [0.05, 0.1) is 38.4 Å². The lowest BCUT2D eigenvalue weighted by Gasteiger charge is -2.32. The Balaban J connectivity index is 3.16. The van der Waals surface area contributed by atoms with Crippen LogP contribution in [0.15, 0.2) is 18.2 Å². The lowest BCUT2D eigenvalue weighted by Crippen LogP contribution is -2.47. The first-order chi connectivity index (χ1) is 20.2. The van der Waals surface area contributed by atoms with Crippen molar-refractivity contribution in [2.75, 3.05) is 34.0 Å². The highest BCUT2D eigenvalue weighted by Gasteiger charge is 2.31. The average molecular weight is 612 g/mol. The largest absolute Gasteiger partial charge is 0.490 e. The van der Waals surface area contributed by atoms with Crippen molar-refractivity contribution in [3.8, 4) is 11.5 Å². The highest BCUT2D eigenvalue weighted by Crippen LogP contribution is 2.32. The van der Waals surface area contributed by atoms with E-state index in [-0.39, 0.29) is 30.6 Å². The first-order valence-corrected chi connectivity index (χ1v) is 15.0. The van der Waals surface area contributed by atoms with E-state index in [1.807, 2.05) is 18.2 Å². The number of hydrogen-bond acceptors (Lipinski definition) is 9. The number of ether oxygens (including phenoxy) is 5. The van der Waals surface area contributed by atoms with Crippen molar-refractivity contribution >= 4 is 18.0 Å². The number of carboxylic acids is 1. The molecule has 0 aromatic heterocycles. The van der Waals surface area contributed by atoms with Gasteiger partial charge in [0.2, 0.25) is 0 Å². The van der Waals surface area contributed by atoms with Crippen molar-refractivity contribution < 1.29 is 48.3 Å². The van der Waals surface area contributed by atoms with Crippen LogP contribution in [0.4, 0.5) is 4.79 Å². The number of esters is 1. The average Bonchev–Trinajstić information content (AvgIpc) is 2.91. The topological polar surface area (TPSA) is 150 Å². The van der Waals surface area contributed by atoms with Crippen molar-refractivity contribution in [2.24, 2.45) is 17.8 Å². The first-order valence-electron chi connectivity index (χ1n) is 15.0. The molecule has 0 aliphatic heterocycles. The van der Waals surface area contributed by atoms with Crippen LogP contribution in [0.1, 0.15) is 79.2 Å². The maximum absolute atomic E-state index is 12.7. The molecule has 1 aromatic rings. The van der Waals surface area contributed by atoms with Gasteiger partial charge < -0.3 is 39.2 Å². The third-order valence-corrected chi connectivity index (χ3v) is 6.95. The minimum atomic E-state index is -1.08. The van der Waals surface area contributed by atoms with Crippen LogP contribution in [-0.2, 0) is 30.2 Å². The predicted molar refractivity (Wildman–Crippen MR) is 162 cm³/mol. The SMILES string of the molecule is COCCCOc1cc(C[C@@H](C[C@H](NC(=O)OC(C)(C)C)[C@@H](O)C[C@@H](C)C(=O)O)C(C)C)ccc1OCCCC(=O)OC. The summed E-state index contributed by atoms with van der Waals surface area (Å²) in [4.78, 5) is 35.6. The van der Waals surface area contributed by atoms with Gasteiger partial charge in [0, 0.05) is 26.6 Å². The van der Waals surface area contributed by atoms with Crippen LogP contribution in [0, 0.1) is 17.8 Å². The van der Waals surface area contributed by atoms with Crippen LogP contribution in [0.2, 0.25) is 0 Å². The number of carboxylic acid groups (broad SMARTS) is 1. The fourth-order valence-electron chi connectivity index (χ4n) is 4.42. The Morgan fingerprint density at radius 1 is 0.930 bits per heavy atom. The second kappa shape index (κ2) is 19.3. The molecule has 0 spiro atoms. The molecular formula is C32H53NO10. The number of nitrogens with one attached hydrogen (secondary N) is 1. The second-order valence-corrected chi connectivity index (χ2v) is 12.2. The highest BCUT2D eigenvalue weighted by molar-refractivity contribution is 5.70. The van der Waals surface area contributed by atoms with E-state index in [1.165, 1.54) is 14.0 Å². The first kappa shape index (κ1) is 38.0. The lowest BCUT2D eigenvalue weighted by molar-refractivity contribution is -0.142. The summed E-state index contributed by atoms with van der Waals surface area (Å²) in [5, 5.41) is 23.2. The highest BCUT2D eigenvalue weighted by atomic mass is 16.6. The maximum Gasteiger partial charge on any atom is 0.407 e. The number of benzene rings is 1. The number of aliphatic hydroxyl groups excluding tert-OH is 1. The van der Waals surface area contributed by atoms with E-state index >= 15 is 0 Å². The van der Waals surface area contributed by atoms with Crippen LogP contribution in [0.25, 0.3) is 0 Å². The number of aliphatic carboxylic acids is 1. The Kier molecular flexibility index (Phi) is 17.0. The molecule has 3 N–H and O–H groups in total. The molecule has 4 atom stereocenters. The number of aliphatic hydroxyl groups is 1. The van der Waals surface area contributed by atoms with Gasteiger partial charge in [-0.1, -0.05) is 26.8 Å². The van der Waals surface area contributed by atoms with Crippen LogP contribution >= 0.6 is 0 Å². The van der Waals surface area contributed by atoms with E-state index in [4.69, 9.17) is 18.9 Å². The molecule has 0 heterocycles. The van der Waals surface area contributed by atoms with Crippen molar-refractivity contribution in [1.29, 1.82) is 0 Å². The van der Waals surface area contributed by atoms with Gasteiger partial charge in [-0.25, -0.2) is 4.79 Å². The molecule has 0 saturated heterocycles. The summed E-state index contributed by atoms with van der Waals surface area (Å²) in [5.41, 5.74) is 0.250. The molecule has 11 heteroatoms. The third-order valence-electron chi connectivity index (χ3n) is 6.95. The van der Waals surface area contributed by atoms with E-state index in [0.29, 0.717) is 57.0 Å². The number of alkyl carbamates (subject to hydrolysis) is 1. The summed E-state index contributed by atoms with van der Waals surface area (Å²) in [6, 6.07) is 5.01. The number of carbonyl (C=O) groups is 3. The molecule has 0 saturated carbocycles. The molecule has 0 bridgehead atoms. The van der Waals surface area contributed by atoms with E-state index in [0.717, 1.165) is 5.56 Å². The Hall–Kier alpha value is -3.05. The summed E-state index contributed by atoms with van der Waals surface area (Å²) < 4.78 is 27.2. The number of hydrogen-bond donors (Lipinski definition) is 3. The Bertz CT molecular complexity index is 991. The third kappa shape index (κ3) is 15.8. The molecule has 0 fully saturated rings. The minimum absolute atomic E-state index is 0.0118. The fourth-order valence-corrected chi connectivity index (χ4v) is 4.42. The molecule has 0 aliphatic carbocycles. The fraction of sp³-hybridized carbons (Fsp3) is 0.719. The van der Waals surface area contributed by atoms with Crippen molar-refractivity contribution in [1.82, 2.24) is 5.32 Å². The Labute approximate surface area is 256 Å². The van der Waals surface area contributed by atoms with Crippen molar-refractivity contribution in [3.05, 3.63) is 23.8 Å². The van der Waals surface area contributed by atoms with E-state index in [1.54, 1.807) is 27.9 Å². The molecule has 0 aliphatic rings. The molecule has 0 unspecified atom stereocenters. The van der Waals surface area contributed by atoms with Crippen LogP contribution < -0.4 is 14.8 Å². The lowest BCUT2D eigenvalue weighted by atomic mass is 9.82. The number of methoxy groups -OCH3 is 2. The number of rotatable bonds is 20. The molecule has 246 valence electrons. The molecule has 43 heavy (non-hydrogen) atoms. The molecule has 11 nitrogen and oxygen atoms in total. The number of amides is 1. The van der Waals surface area contributed by atoms with Gasteiger partial charge >= 0.3 is 18.0 Å². The summed E-state index contributed by atoms with van der Waals surface area (Å²) in [6.07, 6.45) is 0.710. The van der Waals surface area contributed by atoms with Crippen molar-refractivity contribution in [3.63, 3.8) is 0 Å². The van der Waals surface area contributed by atoms with Crippen LogP contribution in [0.3, 0.4) is 0 Å². The molecule has 0 radical (unpaired) electrons. The van der Waals surface area contributed by atoms with Gasteiger partial charge in [0.25, 0.3) is 0 Å². The number of carbonyl (C=O) groups excluding carboxylic acids is 2.